The van der Waals surface area contributed by atoms with Crippen molar-refractivity contribution in [3.63, 3.8) is 0 Å². The molecule has 0 bridgehead atoms. The van der Waals surface area contributed by atoms with Crippen LogP contribution in [-0.4, -0.2) is 43.9 Å². The van der Waals surface area contributed by atoms with E-state index in [4.69, 9.17) is 4.42 Å². The summed E-state index contributed by atoms with van der Waals surface area (Å²) in [5.41, 5.74) is 2.02. The minimum Gasteiger partial charge on any atom is -0.459 e. The number of carbonyl (C=O) groups is 2. The molecule has 1 aromatic heterocycles. The fourth-order valence-electron chi connectivity index (χ4n) is 3.04. The first kappa shape index (κ1) is 17.1. The lowest BCUT2D eigenvalue weighted by atomic mass is 10.1. The molecule has 132 valence electrons. The van der Waals surface area contributed by atoms with E-state index in [1.807, 2.05) is 30.0 Å². The summed E-state index contributed by atoms with van der Waals surface area (Å²) in [5.74, 6) is -0.0861. The molecule has 6 heteroatoms. The number of nitrogens with one attached hydrogen (secondary N) is 1. The quantitative estimate of drug-likeness (QED) is 0.927. The number of anilines is 2. The maximum Gasteiger partial charge on any atom is 0.291 e. The minimum atomic E-state index is -0.334. The highest BCUT2D eigenvalue weighted by molar-refractivity contribution is 6.05. The van der Waals surface area contributed by atoms with Crippen molar-refractivity contribution in [2.75, 3.05) is 37.4 Å². The van der Waals surface area contributed by atoms with Crippen molar-refractivity contribution in [2.45, 2.75) is 19.3 Å². The third-order valence-electron chi connectivity index (χ3n) is 4.35. The zero-order valence-electron chi connectivity index (χ0n) is 14.6. The predicted molar refractivity (Wildman–Crippen MR) is 97.2 cm³/mol. The number of amides is 2. The summed E-state index contributed by atoms with van der Waals surface area (Å²) >= 11 is 0. The molecule has 0 aliphatic carbocycles. The standard InChI is InChI=1S/C19H23N3O3/c1-21(2)16-9-8-14(20-18(23)17-7-6-12-25-17)13-15(16)19(24)22-10-4-3-5-11-22/h6-9,12-13H,3-5,10-11H2,1-2H3,(H,20,23). The third-order valence-corrected chi connectivity index (χ3v) is 4.35. The lowest BCUT2D eigenvalue weighted by molar-refractivity contribution is 0.0724. The van der Waals surface area contributed by atoms with Crippen LogP contribution < -0.4 is 10.2 Å². The molecule has 0 atom stereocenters. The van der Waals surface area contributed by atoms with Gasteiger partial charge in [-0.2, -0.15) is 0 Å². The molecular weight excluding hydrogens is 318 g/mol. The first-order valence-corrected chi connectivity index (χ1v) is 8.52. The molecule has 1 saturated heterocycles. The molecule has 25 heavy (non-hydrogen) atoms. The van der Waals surface area contributed by atoms with Gasteiger partial charge < -0.3 is 19.5 Å². The van der Waals surface area contributed by atoms with Gasteiger partial charge in [0.1, 0.15) is 0 Å². The zero-order chi connectivity index (χ0) is 17.8. The van der Waals surface area contributed by atoms with Crippen LogP contribution in [0.25, 0.3) is 0 Å². The number of furan rings is 1. The molecule has 2 heterocycles. The Labute approximate surface area is 147 Å². The molecule has 1 N–H and O–H groups in total. The Morgan fingerprint density at radius 3 is 2.52 bits per heavy atom. The predicted octanol–water partition coefficient (Wildman–Crippen LogP) is 3.22. The van der Waals surface area contributed by atoms with Crippen molar-refractivity contribution in [2.24, 2.45) is 0 Å². The number of likely N-dealkylation sites (tertiary alicyclic amines) is 1. The zero-order valence-corrected chi connectivity index (χ0v) is 14.6. The molecule has 0 spiro atoms. The molecule has 3 rings (SSSR count). The Balaban J connectivity index is 1.86. The third kappa shape index (κ3) is 3.84. The van der Waals surface area contributed by atoms with Crippen LogP contribution in [0, 0.1) is 0 Å². The van der Waals surface area contributed by atoms with E-state index < -0.39 is 0 Å². The van der Waals surface area contributed by atoms with Crippen molar-refractivity contribution < 1.29 is 14.0 Å². The Kier molecular flexibility index (Phi) is 5.07. The van der Waals surface area contributed by atoms with Crippen molar-refractivity contribution >= 4 is 23.2 Å². The Hall–Kier alpha value is -2.76. The van der Waals surface area contributed by atoms with Crippen LogP contribution >= 0.6 is 0 Å². The molecule has 1 aliphatic rings. The molecule has 0 radical (unpaired) electrons. The first-order chi connectivity index (χ1) is 12.1. The molecule has 1 aromatic carbocycles. The maximum atomic E-state index is 13.0. The van der Waals surface area contributed by atoms with Gasteiger partial charge in [0, 0.05) is 38.6 Å². The number of rotatable bonds is 4. The van der Waals surface area contributed by atoms with E-state index in [-0.39, 0.29) is 17.6 Å². The highest BCUT2D eigenvalue weighted by atomic mass is 16.3. The number of nitrogens with zero attached hydrogens (tertiary/aromatic N) is 2. The average molecular weight is 341 g/mol. The molecule has 0 saturated carbocycles. The summed E-state index contributed by atoms with van der Waals surface area (Å²) in [6.45, 7) is 1.57. The molecular formula is C19H23N3O3. The monoisotopic (exact) mass is 341 g/mol. The highest BCUT2D eigenvalue weighted by Gasteiger charge is 2.22. The van der Waals surface area contributed by atoms with E-state index in [2.05, 4.69) is 5.32 Å². The lowest BCUT2D eigenvalue weighted by Crippen LogP contribution is -2.36. The number of hydrogen-bond acceptors (Lipinski definition) is 4. The van der Waals surface area contributed by atoms with Crippen molar-refractivity contribution in [1.29, 1.82) is 0 Å². The fraction of sp³-hybridized carbons (Fsp3) is 0.368. The molecule has 1 aliphatic heterocycles. The van der Waals surface area contributed by atoms with Gasteiger partial charge in [-0.25, -0.2) is 0 Å². The Morgan fingerprint density at radius 2 is 1.88 bits per heavy atom. The maximum absolute atomic E-state index is 13.0. The van der Waals surface area contributed by atoms with Crippen LogP contribution in [0.4, 0.5) is 11.4 Å². The number of benzene rings is 1. The summed E-state index contributed by atoms with van der Waals surface area (Å²) in [7, 11) is 3.81. The second-order valence-electron chi connectivity index (χ2n) is 6.41. The summed E-state index contributed by atoms with van der Waals surface area (Å²) in [4.78, 5) is 28.9. The van der Waals surface area contributed by atoms with Gasteiger partial charge in [0.15, 0.2) is 5.76 Å². The summed E-state index contributed by atoms with van der Waals surface area (Å²) < 4.78 is 5.11. The fourth-order valence-corrected chi connectivity index (χ4v) is 3.04. The van der Waals surface area contributed by atoms with E-state index in [9.17, 15) is 9.59 Å². The summed E-state index contributed by atoms with van der Waals surface area (Å²) in [6, 6.07) is 8.66. The highest BCUT2D eigenvalue weighted by Crippen LogP contribution is 2.26. The molecule has 0 unspecified atom stereocenters. The van der Waals surface area contributed by atoms with Gasteiger partial charge in [-0.1, -0.05) is 0 Å². The number of hydrogen-bond donors (Lipinski definition) is 1. The number of carbonyl (C=O) groups excluding carboxylic acids is 2. The topological polar surface area (TPSA) is 65.8 Å². The second-order valence-corrected chi connectivity index (χ2v) is 6.41. The molecule has 1 fully saturated rings. The van der Waals surface area contributed by atoms with E-state index in [1.165, 1.54) is 12.7 Å². The van der Waals surface area contributed by atoms with Crippen molar-refractivity contribution in [3.05, 3.63) is 47.9 Å². The smallest absolute Gasteiger partial charge is 0.291 e. The molecule has 6 nitrogen and oxygen atoms in total. The van der Waals surface area contributed by atoms with Gasteiger partial charge in [-0.3, -0.25) is 9.59 Å². The normalized spacial score (nSPS) is 14.2. The number of piperidine rings is 1. The van der Waals surface area contributed by atoms with E-state index >= 15 is 0 Å². The second kappa shape index (κ2) is 7.42. The van der Waals surface area contributed by atoms with Crippen molar-refractivity contribution in [3.8, 4) is 0 Å². The molecule has 2 amide bonds. The van der Waals surface area contributed by atoms with Gasteiger partial charge in [-0.15, -0.1) is 0 Å². The van der Waals surface area contributed by atoms with Crippen LogP contribution in [0.5, 0.6) is 0 Å². The minimum absolute atomic E-state index is 0.0116. The first-order valence-electron chi connectivity index (χ1n) is 8.52. The van der Waals surface area contributed by atoms with Crippen LogP contribution in [-0.2, 0) is 0 Å². The largest absolute Gasteiger partial charge is 0.459 e. The van der Waals surface area contributed by atoms with Crippen LogP contribution in [0.15, 0.2) is 41.0 Å². The van der Waals surface area contributed by atoms with Crippen molar-refractivity contribution in [1.82, 2.24) is 4.90 Å². The van der Waals surface area contributed by atoms with Crippen LogP contribution in [0.1, 0.15) is 40.2 Å². The van der Waals surface area contributed by atoms with Gasteiger partial charge in [-0.05, 0) is 49.6 Å². The molecule has 2 aromatic rings. The van der Waals surface area contributed by atoms with Gasteiger partial charge >= 0.3 is 0 Å². The van der Waals surface area contributed by atoms with Gasteiger partial charge in [0.25, 0.3) is 11.8 Å². The van der Waals surface area contributed by atoms with Crippen LogP contribution in [0.2, 0.25) is 0 Å². The van der Waals surface area contributed by atoms with Gasteiger partial charge in [0.2, 0.25) is 0 Å². The lowest BCUT2D eigenvalue weighted by Gasteiger charge is -2.28. The summed E-state index contributed by atoms with van der Waals surface area (Å²) in [6.07, 6.45) is 4.70. The Morgan fingerprint density at radius 1 is 1.12 bits per heavy atom. The summed E-state index contributed by atoms with van der Waals surface area (Å²) in [5, 5.41) is 2.79. The van der Waals surface area contributed by atoms with E-state index in [0.29, 0.717) is 11.3 Å². The Bertz CT molecular complexity index is 747. The van der Waals surface area contributed by atoms with Gasteiger partial charge in [0.05, 0.1) is 11.8 Å². The van der Waals surface area contributed by atoms with E-state index in [0.717, 1.165) is 31.6 Å². The SMILES string of the molecule is CN(C)c1ccc(NC(=O)c2ccco2)cc1C(=O)N1CCCCC1. The van der Waals surface area contributed by atoms with Crippen LogP contribution in [0.3, 0.4) is 0 Å². The average Bonchev–Trinajstić information content (AvgIpc) is 3.16. The van der Waals surface area contributed by atoms with E-state index in [1.54, 1.807) is 24.3 Å².